The Balaban J connectivity index is 2.41. The van der Waals surface area contributed by atoms with Crippen molar-refractivity contribution in [2.45, 2.75) is 25.7 Å². The summed E-state index contributed by atoms with van der Waals surface area (Å²) in [5, 5.41) is 12.6. The highest BCUT2D eigenvalue weighted by atomic mass is 19.4. The highest BCUT2D eigenvalue weighted by molar-refractivity contribution is 5.95. The Morgan fingerprint density at radius 3 is 2.57 bits per heavy atom. The van der Waals surface area contributed by atoms with Gasteiger partial charge in [0.15, 0.2) is 5.88 Å². The molecule has 1 aromatic heterocycles. The highest BCUT2D eigenvalue weighted by Crippen LogP contribution is 2.44. The number of benzene rings is 1. The molecule has 2 heterocycles. The fraction of sp³-hybridized carbons (Fsp3) is 0.385. The number of fused-ring (bicyclic) bond motifs is 3. The summed E-state index contributed by atoms with van der Waals surface area (Å²) in [6, 6.07) is 1.43. The first-order valence-electron chi connectivity index (χ1n) is 6.24. The van der Waals surface area contributed by atoms with Crippen LogP contribution in [0.2, 0.25) is 0 Å². The van der Waals surface area contributed by atoms with Gasteiger partial charge < -0.3 is 15.0 Å². The van der Waals surface area contributed by atoms with Gasteiger partial charge >= 0.3 is 6.18 Å². The second-order valence-corrected chi connectivity index (χ2v) is 4.89. The number of hydrogen-bond acceptors (Lipinski definition) is 2. The van der Waals surface area contributed by atoms with Crippen LogP contribution in [0.25, 0.3) is 10.8 Å². The van der Waals surface area contributed by atoms with Crippen molar-refractivity contribution < 1.29 is 27.1 Å². The number of nitrogens with zero attached hydrogens (tertiary/aromatic N) is 1. The first-order valence-corrected chi connectivity index (χ1v) is 6.24. The van der Waals surface area contributed by atoms with Crippen molar-refractivity contribution in [2.24, 2.45) is 0 Å². The van der Waals surface area contributed by atoms with Crippen LogP contribution in [0.3, 0.4) is 0 Å². The standard InChI is InChI=1S/C13H11F5N2O/c14-11(15)6-3-7-9-5-19-1-2-20(9)12(21)10(7)8(4-6)13(16,17)18/h3-4,11,19,21H,1-2,5H2. The molecule has 3 nitrogen and oxygen atoms in total. The molecule has 0 atom stereocenters. The van der Waals surface area contributed by atoms with Crippen LogP contribution in [0.1, 0.15) is 23.2 Å². The Labute approximate surface area is 116 Å². The lowest BCUT2D eigenvalue weighted by Gasteiger charge is -2.17. The SMILES string of the molecule is Oc1c2c(C(F)(F)F)cc(C(F)F)cc2c2n1CCNC2. The summed E-state index contributed by atoms with van der Waals surface area (Å²) in [6.45, 7) is 1.00. The van der Waals surface area contributed by atoms with Crippen LogP contribution < -0.4 is 5.32 Å². The Hall–Kier alpha value is -1.83. The number of hydrogen-bond donors (Lipinski definition) is 2. The molecule has 0 radical (unpaired) electrons. The van der Waals surface area contributed by atoms with Crippen LogP contribution in [0.15, 0.2) is 12.1 Å². The van der Waals surface area contributed by atoms with Crippen LogP contribution in [0.5, 0.6) is 5.88 Å². The van der Waals surface area contributed by atoms with Crippen molar-refractivity contribution in [1.82, 2.24) is 9.88 Å². The maximum absolute atomic E-state index is 13.1. The molecular formula is C13H11F5N2O. The molecule has 0 saturated carbocycles. The fourth-order valence-corrected chi connectivity index (χ4v) is 2.72. The van der Waals surface area contributed by atoms with Crippen molar-refractivity contribution in [3.8, 4) is 5.88 Å². The maximum Gasteiger partial charge on any atom is 0.417 e. The monoisotopic (exact) mass is 306 g/mol. The summed E-state index contributed by atoms with van der Waals surface area (Å²) in [5.41, 5.74) is -1.54. The zero-order chi connectivity index (χ0) is 15.4. The van der Waals surface area contributed by atoms with Crippen molar-refractivity contribution in [3.63, 3.8) is 0 Å². The Bertz CT molecular complexity index is 705. The molecule has 0 bridgehead atoms. The minimum atomic E-state index is -4.81. The molecule has 0 saturated heterocycles. The second-order valence-electron chi connectivity index (χ2n) is 4.89. The van der Waals surface area contributed by atoms with Gasteiger partial charge in [-0.25, -0.2) is 8.78 Å². The molecule has 1 aliphatic heterocycles. The Kier molecular flexibility index (Phi) is 3.09. The lowest BCUT2D eigenvalue weighted by Crippen LogP contribution is -2.27. The summed E-state index contributed by atoms with van der Waals surface area (Å²) >= 11 is 0. The number of aromatic hydroxyl groups is 1. The van der Waals surface area contributed by atoms with Crippen molar-refractivity contribution in [2.75, 3.05) is 6.54 Å². The summed E-state index contributed by atoms with van der Waals surface area (Å²) in [7, 11) is 0. The number of alkyl halides is 5. The number of aromatic nitrogens is 1. The van der Waals surface area contributed by atoms with Gasteiger partial charge in [0.05, 0.1) is 10.9 Å². The van der Waals surface area contributed by atoms with Gasteiger partial charge in [-0.3, -0.25) is 0 Å². The normalized spacial score (nSPS) is 15.7. The van der Waals surface area contributed by atoms with Crippen LogP contribution in [0, 0.1) is 0 Å². The van der Waals surface area contributed by atoms with E-state index in [1.54, 1.807) is 0 Å². The summed E-state index contributed by atoms with van der Waals surface area (Å²) < 4.78 is 66.4. The van der Waals surface area contributed by atoms with Crippen molar-refractivity contribution in [1.29, 1.82) is 0 Å². The average molecular weight is 306 g/mol. The molecule has 21 heavy (non-hydrogen) atoms. The number of rotatable bonds is 1. The lowest BCUT2D eigenvalue weighted by atomic mass is 10.0. The zero-order valence-corrected chi connectivity index (χ0v) is 10.6. The predicted molar refractivity (Wildman–Crippen MR) is 65.3 cm³/mol. The third-order valence-corrected chi connectivity index (χ3v) is 3.64. The van der Waals surface area contributed by atoms with Crippen LogP contribution in [0.4, 0.5) is 22.0 Å². The Morgan fingerprint density at radius 1 is 1.24 bits per heavy atom. The first-order chi connectivity index (χ1) is 9.80. The van der Waals surface area contributed by atoms with Crippen LogP contribution >= 0.6 is 0 Å². The van der Waals surface area contributed by atoms with E-state index in [0.717, 1.165) is 6.07 Å². The predicted octanol–water partition coefficient (Wildman–Crippen LogP) is 3.41. The van der Waals surface area contributed by atoms with Gasteiger partial charge in [-0.1, -0.05) is 0 Å². The van der Waals surface area contributed by atoms with Gasteiger partial charge in [0, 0.05) is 36.3 Å². The molecule has 3 rings (SSSR count). The van der Waals surface area contributed by atoms with E-state index in [9.17, 15) is 27.1 Å². The van der Waals surface area contributed by atoms with E-state index in [2.05, 4.69) is 5.32 Å². The van der Waals surface area contributed by atoms with Gasteiger partial charge in [0.1, 0.15) is 0 Å². The average Bonchev–Trinajstić information content (AvgIpc) is 2.71. The third-order valence-electron chi connectivity index (χ3n) is 3.64. The van der Waals surface area contributed by atoms with E-state index < -0.39 is 35.0 Å². The van der Waals surface area contributed by atoms with E-state index >= 15 is 0 Å². The van der Waals surface area contributed by atoms with E-state index in [-0.39, 0.29) is 18.5 Å². The summed E-state index contributed by atoms with van der Waals surface area (Å²) in [5.74, 6) is -0.519. The molecule has 0 amide bonds. The third kappa shape index (κ3) is 2.14. The zero-order valence-electron chi connectivity index (χ0n) is 10.6. The van der Waals surface area contributed by atoms with Gasteiger partial charge in [0.2, 0.25) is 0 Å². The maximum atomic E-state index is 13.1. The number of halogens is 5. The highest BCUT2D eigenvalue weighted by Gasteiger charge is 2.37. The Morgan fingerprint density at radius 2 is 1.95 bits per heavy atom. The molecule has 0 aliphatic carbocycles. The molecule has 2 N–H and O–H groups in total. The van der Waals surface area contributed by atoms with Gasteiger partial charge in [-0.15, -0.1) is 0 Å². The topological polar surface area (TPSA) is 37.2 Å². The quantitative estimate of drug-likeness (QED) is 0.792. The van der Waals surface area contributed by atoms with Gasteiger partial charge in [-0.2, -0.15) is 13.2 Å². The van der Waals surface area contributed by atoms with E-state index in [1.807, 2.05) is 0 Å². The van der Waals surface area contributed by atoms with Crippen LogP contribution in [-0.4, -0.2) is 16.2 Å². The molecule has 0 spiro atoms. The molecule has 0 unspecified atom stereocenters. The molecule has 1 aromatic carbocycles. The summed E-state index contributed by atoms with van der Waals surface area (Å²) in [6.07, 6.45) is -7.82. The number of nitrogens with one attached hydrogen (secondary N) is 1. The first kappa shape index (κ1) is 14.1. The van der Waals surface area contributed by atoms with Crippen LogP contribution in [-0.2, 0) is 19.3 Å². The van der Waals surface area contributed by atoms with Gasteiger partial charge in [0.25, 0.3) is 6.43 Å². The van der Waals surface area contributed by atoms with E-state index in [0.29, 0.717) is 18.3 Å². The minimum absolute atomic E-state index is 0.0184. The smallest absolute Gasteiger partial charge is 0.417 e. The molecular weight excluding hydrogens is 295 g/mol. The summed E-state index contributed by atoms with van der Waals surface area (Å²) in [4.78, 5) is 0. The van der Waals surface area contributed by atoms with E-state index in [4.69, 9.17) is 0 Å². The molecule has 0 fully saturated rings. The van der Waals surface area contributed by atoms with E-state index in [1.165, 1.54) is 4.57 Å². The molecule has 114 valence electrons. The fourth-order valence-electron chi connectivity index (χ4n) is 2.72. The van der Waals surface area contributed by atoms with Gasteiger partial charge in [-0.05, 0) is 12.1 Å². The molecule has 1 aliphatic rings. The molecule has 8 heteroatoms. The van der Waals surface area contributed by atoms with Crippen molar-refractivity contribution in [3.05, 3.63) is 29.0 Å². The minimum Gasteiger partial charge on any atom is -0.494 e. The second kappa shape index (κ2) is 4.59. The lowest BCUT2D eigenvalue weighted by molar-refractivity contribution is -0.136. The van der Waals surface area contributed by atoms with Crippen molar-refractivity contribution >= 4 is 10.8 Å². The largest absolute Gasteiger partial charge is 0.494 e. The molecule has 2 aromatic rings.